The van der Waals surface area contributed by atoms with E-state index < -0.39 is 0 Å². The van der Waals surface area contributed by atoms with Gasteiger partial charge in [-0.05, 0) is 62.7 Å². The van der Waals surface area contributed by atoms with Gasteiger partial charge in [0.05, 0.1) is 7.11 Å². The summed E-state index contributed by atoms with van der Waals surface area (Å²) in [6.07, 6.45) is 3.18. The first kappa shape index (κ1) is 20.9. The molecule has 0 bridgehead atoms. The second-order valence-corrected chi connectivity index (χ2v) is 8.05. The maximum Gasteiger partial charge on any atom is 0.224 e. The number of methoxy groups -OCH3 is 1. The molecule has 162 valence electrons. The van der Waals surface area contributed by atoms with Gasteiger partial charge in [-0.2, -0.15) is 5.10 Å². The molecule has 0 saturated carbocycles. The van der Waals surface area contributed by atoms with Crippen molar-refractivity contribution in [3.05, 3.63) is 65.7 Å². The van der Waals surface area contributed by atoms with Crippen LogP contribution in [0.25, 0.3) is 0 Å². The van der Waals surface area contributed by atoms with Gasteiger partial charge in [0, 0.05) is 66.6 Å². The van der Waals surface area contributed by atoms with Crippen molar-refractivity contribution in [1.29, 1.82) is 0 Å². The summed E-state index contributed by atoms with van der Waals surface area (Å²) in [5.41, 5.74) is 5.08. The topological polar surface area (TPSA) is 72.3 Å². The Labute approximate surface area is 183 Å². The van der Waals surface area contributed by atoms with E-state index in [0.29, 0.717) is 13.0 Å². The van der Waals surface area contributed by atoms with Crippen LogP contribution in [-0.4, -0.2) is 45.8 Å². The highest BCUT2D eigenvalue weighted by molar-refractivity contribution is 5.76. The Kier molecular flexibility index (Phi) is 6.21. The average molecular weight is 420 g/mol. The monoisotopic (exact) mass is 419 g/mol. The molecule has 31 heavy (non-hydrogen) atoms. The molecule has 1 aliphatic rings. The van der Waals surface area contributed by atoms with Crippen molar-refractivity contribution < 1.29 is 9.53 Å². The van der Waals surface area contributed by atoms with Crippen LogP contribution < -0.4 is 10.1 Å². The Bertz CT molecular complexity index is 1040. The fourth-order valence-electron chi connectivity index (χ4n) is 4.04. The number of likely N-dealkylation sites (tertiary alicyclic amines) is 1. The first-order chi connectivity index (χ1) is 15.0. The summed E-state index contributed by atoms with van der Waals surface area (Å²) in [7, 11) is 1.66. The molecular weight excluding hydrogens is 390 g/mol. The van der Waals surface area contributed by atoms with Gasteiger partial charge in [-0.15, -0.1) is 0 Å². The first-order valence-electron chi connectivity index (χ1n) is 10.7. The lowest BCUT2D eigenvalue weighted by atomic mass is 10.0. The van der Waals surface area contributed by atoms with Gasteiger partial charge in [0.2, 0.25) is 5.91 Å². The molecule has 0 aliphatic carbocycles. The number of nitrogens with zero attached hydrogens (tertiary/aromatic N) is 4. The van der Waals surface area contributed by atoms with Crippen molar-refractivity contribution in [3.8, 4) is 5.75 Å². The highest BCUT2D eigenvalue weighted by atomic mass is 16.5. The predicted molar refractivity (Wildman–Crippen MR) is 121 cm³/mol. The van der Waals surface area contributed by atoms with E-state index >= 15 is 0 Å². The van der Waals surface area contributed by atoms with Crippen LogP contribution in [-0.2, 0) is 11.3 Å². The summed E-state index contributed by atoms with van der Waals surface area (Å²) >= 11 is 0. The number of carbonyl (C=O) groups excluding carboxylic acids is 1. The van der Waals surface area contributed by atoms with E-state index in [4.69, 9.17) is 9.72 Å². The molecule has 4 rings (SSSR count). The van der Waals surface area contributed by atoms with Crippen LogP contribution in [0, 0.1) is 13.8 Å². The SMILES string of the molecule is COc1ccc(Nc2cc(C)nc([C@@H]3CCN(C(=O)CCn4nccc4C)C3)c2)cc1. The summed E-state index contributed by atoms with van der Waals surface area (Å²) in [6, 6.07) is 13.9. The Morgan fingerprint density at radius 3 is 2.68 bits per heavy atom. The summed E-state index contributed by atoms with van der Waals surface area (Å²) in [5.74, 6) is 1.27. The molecule has 1 N–H and O–H groups in total. The van der Waals surface area contributed by atoms with E-state index in [0.717, 1.165) is 53.7 Å². The van der Waals surface area contributed by atoms with Gasteiger partial charge in [0.15, 0.2) is 0 Å². The van der Waals surface area contributed by atoms with Crippen LogP contribution in [0.4, 0.5) is 11.4 Å². The lowest BCUT2D eigenvalue weighted by Crippen LogP contribution is -2.29. The van der Waals surface area contributed by atoms with Crippen LogP contribution in [0.5, 0.6) is 5.75 Å². The van der Waals surface area contributed by atoms with Gasteiger partial charge in [-0.1, -0.05) is 0 Å². The molecule has 1 atom stereocenters. The number of aromatic nitrogens is 3. The second-order valence-electron chi connectivity index (χ2n) is 8.05. The highest BCUT2D eigenvalue weighted by Gasteiger charge is 2.28. The van der Waals surface area contributed by atoms with Gasteiger partial charge in [0.25, 0.3) is 0 Å². The Morgan fingerprint density at radius 1 is 1.16 bits per heavy atom. The number of pyridine rings is 1. The fourth-order valence-corrected chi connectivity index (χ4v) is 4.04. The lowest BCUT2D eigenvalue weighted by molar-refractivity contribution is -0.130. The first-order valence-corrected chi connectivity index (χ1v) is 10.7. The molecule has 0 radical (unpaired) electrons. The number of benzene rings is 1. The Balaban J connectivity index is 1.39. The predicted octanol–water partition coefficient (Wildman–Crippen LogP) is 4.05. The quantitative estimate of drug-likeness (QED) is 0.625. The molecular formula is C24H29N5O2. The number of ether oxygens (including phenoxy) is 1. The van der Waals surface area contributed by atoms with Gasteiger partial charge in [-0.3, -0.25) is 14.5 Å². The molecule has 7 nitrogen and oxygen atoms in total. The minimum absolute atomic E-state index is 0.182. The van der Waals surface area contributed by atoms with Gasteiger partial charge >= 0.3 is 0 Å². The number of anilines is 2. The Hall–Kier alpha value is -3.35. The minimum Gasteiger partial charge on any atom is -0.497 e. The summed E-state index contributed by atoms with van der Waals surface area (Å²) in [4.78, 5) is 19.4. The number of hydrogen-bond acceptors (Lipinski definition) is 5. The maximum atomic E-state index is 12.7. The number of carbonyl (C=O) groups is 1. The molecule has 1 saturated heterocycles. The molecule has 1 fully saturated rings. The summed E-state index contributed by atoms with van der Waals surface area (Å²) in [5, 5.41) is 7.71. The van der Waals surface area contributed by atoms with Gasteiger partial charge in [0.1, 0.15) is 5.75 Å². The maximum absolute atomic E-state index is 12.7. The molecule has 3 heterocycles. The average Bonchev–Trinajstić information content (AvgIpc) is 3.41. The lowest BCUT2D eigenvalue weighted by Gasteiger charge is -2.17. The van der Waals surface area contributed by atoms with Crippen molar-refractivity contribution in [2.45, 2.75) is 39.2 Å². The zero-order valence-corrected chi connectivity index (χ0v) is 18.3. The van der Waals surface area contributed by atoms with E-state index in [1.54, 1.807) is 13.3 Å². The van der Waals surface area contributed by atoms with E-state index in [2.05, 4.69) is 16.5 Å². The molecule has 0 unspecified atom stereocenters. The number of amides is 1. The third kappa shape index (κ3) is 5.05. The second kappa shape index (κ2) is 9.20. The summed E-state index contributed by atoms with van der Waals surface area (Å²) < 4.78 is 7.10. The number of nitrogens with one attached hydrogen (secondary N) is 1. The normalized spacial score (nSPS) is 15.8. The standard InChI is InChI=1S/C24H29N5O2/c1-17-14-21(27-20-4-6-22(31-3)7-5-20)15-23(26-17)19-9-12-28(16-19)24(30)10-13-29-18(2)8-11-25-29/h4-8,11,14-15,19H,9-10,12-13,16H2,1-3H3,(H,26,27)/t19-/m1/s1. The van der Waals surface area contributed by atoms with E-state index in [-0.39, 0.29) is 11.8 Å². The molecule has 1 aliphatic heterocycles. The van der Waals surface area contributed by atoms with Crippen molar-refractivity contribution >= 4 is 17.3 Å². The highest BCUT2D eigenvalue weighted by Crippen LogP contribution is 2.29. The van der Waals surface area contributed by atoms with E-state index in [1.807, 2.05) is 59.8 Å². The molecule has 3 aromatic rings. The fraction of sp³-hybridized carbons (Fsp3) is 0.375. The van der Waals surface area contributed by atoms with Crippen LogP contribution in [0.2, 0.25) is 0 Å². The Morgan fingerprint density at radius 2 is 1.97 bits per heavy atom. The zero-order valence-electron chi connectivity index (χ0n) is 18.3. The zero-order chi connectivity index (χ0) is 21.8. The molecule has 0 spiro atoms. The van der Waals surface area contributed by atoms with Gasteiger partial charge in [-0.25, -0.2) is 0 Å². The third-order valence-electron chi connectivity index (χ3n) is 5.78. The smallest absolute Gasteiger partial charge is 0.224 e. The van der Waals surface area contributed by atoms with E-state index in [1.165, 1.54) is 0 Å². The largest absolute Gasteiger partial charge is 0.497 e. The molecule has 1 aromatic carbocycles. The van der Waals surface area contributed by atoms with Crippen LogP contribution in [0.15, 0.2) is 48.7 Å². The van der Waals surface area contributed by atoms with Crippen molar-refractivity contribution in [3.63, 3.8) is 0 Å². The van der Waals surface area contributed by atoms with Crippen LogP contribution >= 0.6 is 0 Å². The van der Waals surface area contributed by atoms with Crippen LogP contribution in [0.3, 0.4) is 0 Å². The number of hydrogen-bond donors (Lipinski definition) is 1. The molecule has 1 amide bonds. The van der Waals surface area contributed by atoms with Crippen molar-refractivity contribution in [2.24, 2.45) is 0 Å². The number of rotatable bonds is 7. The third-order valence-corrected chi connectivity index (χ3v) is 5.78. The number of aryl methyl sites for hydroxylation is 3. The summed E-state index contributed by atoms with van der Waals surface area (Å²) in [6.45, 7) is 6.13. The van der Waals surface area contributed by atoms with Crippen molar-refractivity contribution in [1.82, 2.24) is 19.7 Å². The van der Waals surface area contributed by atoms with E-state index in [9.17, 15) is 4.79 Å². The van der Waals surface area contributed by atoms with Crippen molar-refractivity contribution in [2.75, 3.05) is 25.5 Å². The molecule has 2 aromatic heterocycles. The van der Waals surface area contributed by atoms with Crippen LogP contribution in [0.1, 0.15) is 35.8 Å². The molecule has 7 heteroatoms. The van der Waals surface area contributed by atoms with Gasteiger partial charge < -0.3 is 15.0 Å². The minimum atomic E-state index is 0.182.